The van der Waals surface area contributed by atoms with Crippen LogP contribution in [0.4, 0.5) is 4.39 Å². The molecule has 2 aromatic rings. The van der Waals surface area contributed by atoms with Gasteiger partial charge in [-0.15, -0.1) is 0 Å². The van der Waals surface area contributed by atoms with Crippen LogP contribution in [0.5, 0.6) is 0 Å². The Hall–Kier alpha value is -2.69. The summed E-state index contributed by atoms with van der Waals surface area (Å²) in [6, 6.07) is 11.7. The van der Waals surface area contributed by atoms with Crippen LogP contribution in [0.25, 0.3) is 0 Å². The number of hydrogen-bond donors (Lipinski definition) is 1. The molecule has 0 saturated carbocycles. The Morgan fingerprint density at radius 2 is 1.96 bits per heavy atom. The first-order valence-electron chi connectivity index (χ1n) is 8.83. The Morgan fingerprint density at radius 1 is 1.19 bits per heavy atom. The molecule has 3 rings (SSSR count). The molecule has 0 bridgehead atoms. The lowest BCUT2D eigenvalue weighted by atomic mass is 9.95. The van der Waals surface area contributed by atoms with Crippen molar-refractivity contribution in [3.63, 3.8) is 0 Å². The summed E-state index contributed by atoms with van der Waals surface area (Å²) in [4.78, 5) is 25.7. The van der Waals surface area contributed by atoms with Crippen molar-refractivity contribution in [2.75, 3.05) is 6.54 Å². The van der Waals surface area contributed by atoms with E-state index in [1.54, 1.807) is 35.2 Å². The largest absolute Gasteiger partial charge is 0.478 e. The lowest BCUT2D eigenvalue weighted by Gasteiger charge is -2.31. The first kappa shape index (κ1) is 18.1. The average Bonchev–Trinajstić information content (AvgIpc) is 2.65. The fourth-order valence-electron chi connectivity index (χ4n) is 3.39. The quantitative estimate of drug-likeness (QED) is 0.890. The third-order valence-corrected chi connectivity index (χ3v) is 5.00. The van der Waals surface area contributed by atoms with Gasteiger partial charge in [-0.3, -0.25) is 4.79 Å². The van der Waals surface area contributed by atoms with Gasteiger partial charge in [0.15, 0.2) is 0 Å². The highest BCUT2D eigenvalue weighted by molar-refractivity contribution is 5.88. The lowest BCUT2D eigenvalue weighted by molar-refractivity contribution is -0.136. The van der Waals surface area contributed by atoms with Gasteiger partial charge in [-0.05, 0) is 54.2 Å². The van der Waals surface area contributed by atoms with Crippen LogP contribution in [0.2, 0.25) is 0 Å². The van der Waals surface area contributed by atoms with E-state index < -0.39 is 5.97 Å². The second-order valence-corrected chi connectivity index (χ2v) is 6.83. The normalized spacial score (nSPS) is 14.6. The van der Waals surface area contributed by atoms with Crippen molar-refractivity contribution in [3.8, 4) is 0 Å². The summed E-state index contributed by atoms with van der Waals surface area (Å²) >= 11 is 0. The summed E-state index contributed by atoms with van der Waals surface area (Å²) in [6.07, 6.45) is 1.83. The van der Waals surface area contributed by atoms with Crippen molar-refractivity contribution < 1.29 is 19.1 Å². The van der Waals surface area contributed by atoms with E-state index in [9.17, 15) is 14.0 Å². The summed E-state index contributed by atoms with van der Waals surface area (Å²) < 4.78 is 13.7. The van der Waals surface area contributed by atoms with Gasteiger partial charge in [0, 0.05) is 19.0 Å². The average molecular weight is 355 g/mol. The van der Waals surface area contributed by atoms with E-state index in [-0.39, 0.29) is 23.2 Å². The van der Waals surface area contributed by atoms with Crippen molar-refractivity contribution in [2.24, 2.45) is 5.92 Å². The molecular formula is C21H22FNO3. The van der Waals surface area contributed by atoms with E-state index in [2.05, 4.69) is 0 Å². The molecule has 1 aliphatic heterocycles. The monoisotopic (exact) mass is 355 g/mol. The predicted molar refractivity (Wildman–Crippen MR) is 96.4 cm³/mol. The molecule has 1 heterocycles. The third-order valence-electron chi connectivity index (χ3n) is 5.00. The van der Waals surface area contributed by atoms with Crippen molar-refractivity contribution in [2.45, 2.75) is 32.7 Å². The first-order valence-corrected chi connectivity index (χ1v) is 8.83. The van der Waals surface area contributed by atoms with Crippen molar-refractivity contribution >= 4 is 11.9 Å². The van der Waals surface area contributed by atoms with Crippen LogP contribution in [0, 0.1) is 11.7 Å². The number of carbonyl (C=O) groups excluding carboxylic acids is 1. The summed E-state index contributed by atoms with van der Waals surface area (Å²) in [5.41, 5.74) is 2.86. The van der Waals surface area contributed by atoms with Crippen molar-refractivity contribution in [1.82, 2.24) is 4.90 Å². The molecule has 4 nitrogen and oxygen atoms in total. The van der Waals surface area contributed by atoms with Gasteiger partial charge in [-0.2, -0.15) is 0 Å². The van der Waals surface area contributed by atoms with Gasteiger partial charge in [0.1, 0.15) is 5.82 Å². The Labute approximate surface area is 152 Å². The van der Waals surface area contributed by atoms with E-state index in [0.29, 0.717) is 31.5 Å². The van der Waals surface area contributed by atoms with Gasteiger partial charge in [-0.1, -0.05) is 31.2 Å². The fourth-order valence-corrected chi connectivity index (χ4v) is 3.39. The number of fused-ring (bicyclic) bond motifs is 1. The Morgan fingerprint density at radius 3 is 2.69 bits per heavy atom. The standard InChI is InChI=1S/C21H22FNO3/c1-14(6-7-16-4-2-3-5-19(16)22)20(24)23-11-10-15-8-9-17(21(25)26)12-18(15)13-23/h2-5,8-9,12,14H,6-7,10-11,13H2,1H3,(H,25,26). The summed E-state index contributed by atoms with van der Waals surface area (Å²) in [5.74, 6) is -1.37. The van der Waals surface area contributed by atoms with E-state index in [1.165, 1.54) is 6.07 Å². The fraction of sp³-hybridized carbons (Fsp3) is 0.333. The van der Waals surface area contributed by atoms with Crippen molar-refractivity contribution in [1.29, 1.82) is 0 Å². The third kappa shape index (κ3) is 3.93. The number of halogens is 1. The first-order chi connectivity index (χ1) is 12.5. The highest BCUT2D eigenvalue weighted by Gasteiger charge is 2.25. The highest BCUT2D eigenvalue weighted by atomic mass is 19.1. The van der Waals surface area contributed by atoms with Crippen LogP contribution in [-0.2, 0) is 24.2 Å². The molecule has 0 aromatic heterocycles. The molecule has 0 saturated heterocycles. The number of aryl methyl sites for hydroxylation is 1. The molecule has 0 spiro atoms. The second kappa shape index (κ2) is 7.68. The molecule has 1 aliphatic rings. The van der Waals surface area contributed by atoms with Gasteiger partial charge in [0.25, 0.3) is 0 Å². The maximum Gasteiger partial charge on any atom is 0.335 e. The van der Waals surface area contributed by atoms with Crippen LogP contribution >= 0.6 is 0 Å². The number of benzene rings is 2. The predicted octanol–water partition coefficient (Wildman–Crippen LogP) is 3.68. The minimum atomic E-state index is -0.963. The van der Waals surface area contributed by atoms with Gasteiger partial charge >= 0.3 is 5.97 Å². The molecule has 1 atom stereocenters. The molecule has 0 aliphatic carbocycles. The minimum Gasteiger partial charge on any atom is -0.478 e. The maximum absolute atomic E-state index is 13.7. The number of carbonyl (C=O) groups is 2. The Bertz CT molecular complexity index is 834. The zero-order valence-corrected chi connectivity index (χ0v) is 14.7. The molecule has 0 fully saturated rings. The number of nitrogens with zero attached hydrogens (tertiary/aromatic N) is 1. The minimum absolute atomic E-state index is 0.0349. The van der Waals surface area contributed by atoms with Gasteiger partial charge in [0.05, 0.1) is 5.56 Å². The van der Waals surface area contributed by atoms with Crippen LogP contribution in [0.1, 0.15) is 40.4 Å². The van der Waals surface area contributed by atoms with E-state index in [1.807, 2.05) is 13.0 Å². The number of rotatable bonds is 5. The number of carboxylic acid groups (broad SMARTS) is 1. The Kier molecular flexibility index (Phi) is 5.35. The zero-order chi connectivity index (χ0) is 18.7. The molecule has 1 unspecified atom stereocenters. The molecule has 0 radical (unpaired) electrons. The number of carboxylic acids is 1. The highest BCUT2D eigenvalue weighted by Crippen LogP contribution is 2.23. The van der Waals surface area contributed by atoms with Crippen molar-refractivity contribution in [3.05, 3.63) is 70.5 Å². The van der Waals surface area contributed by atoms with Crippen LogP contribution in [0.3, 0.4) is 0 Å². The summed E-state index contributed by atoms with van der Waals surface area (Å²) in [6.45, 7) is 2.92. The number of aromatic carboxylic acids is 1. The van der Waals surface area contributed by atoms with E-state index in [4.69, 9.17) is 5.11 Å². The molecule has 2 aromatic carbocycles. The molecule has 136 valence electrons. The second-order valence-electron chi connectivity index (χ2n) is 6.83. The SMILES string of the molecule is CC(CCc1ccccc1F)C(=O)N1CCc2ccc(C(=O)O)cc2C1. The van der Waals surface area contributed by atoms with E-state index >= 15 is 0 Å². The Balaban J connectivity index is 1.64. The number of hydrogen-bond acceptors (Lipinski definition) is 2. The molecule has 1 N–H and O–H groups in total. The van der Waals surface area contributed by atoms with Gasteiger partial charge in [-0.25, -0.2) is 9.18 Å². The van der Waals surface area contributed by atoms with Crippen LogP contribution in [-0.4, -0.2) is 28.4 Å². The lowest BCUT2D eigenvalue weighted by Crippen LogP contribution is -2.39. The van der Waals surface area contributed by atoms with Crippen LogP contribution < -0.4 is 0 Å². The molecule has 26 heavy (non-hydrogen) atoms. The van der Waals surface area contributed by atoms with Crippen LogP contribution in [0.15, 0.2) is 42.5 Å². The molecule has 1 amide bonds. The molecular weight excluding hydrogens is 333 g/mol. The zero-order valence-electron chi connectivity index (χ0n) is 14.7. The van der Waals surface area contributed by atoms with E-state index in [0.717, 1.165) is 17.5 Å². The van der Waals surface area contributed by atoms with Gasteiger partial charge in [0.2, 0.25) is 5.91 Å². The topological polar surface area (TPSA) is 57.6 Å². The molecule has 5 heteroatoms. The summed E-state index contributed by atoms with van der Waals surface area (Å²) in [7, 11) is 0. The maximum atomic E-state index is 13.7. The summed E-state index contributed by atoms with van der Waals surface area (Å²) in [5, 5.41) is 9.14. The van der Waals surface area contributed by atoms with Gasteiger partial charge < -0.3 is 10.0 Å². The smallest absolute Gasteiger partial charge is 0.335 e. The number of amides is 1.